The second kappa shape index (κ2) is 10.3. The summed E-state index contributed by atoms with van der Waals surface area (Å²) in [4.78, 5) is 39.1. The summed E-state index contributed by atoms with van der Waals surface area (Å²) in [5, 5.41) is 2.46. The topological polar surface area (TPSA) is 79.0 Å². The highest BCUT2D eigenvalue weighted by Gasteiger charge is 2.50. The molecule has 3 aliphatic rings. The lowest BCUT2D eigenvalue weighted by Crippen LogP contribution is -2.46. The van der Waals surface area contributed by atoms with E-state index in [9.17, 15) is 40.7 Å². The predicted molar refractivity (Wildman–Crippen MR) is 115 cm³/mol. The van der Waals surface area contributed by atoms with Crippen LogP contribution in [0.25, 0.3) is 0 Å². The van der Waals surface area contributed by atoms with Gasteiger partial charge in [0.25, 0.3) is 0 Å². The van der Waals surface area contributed by atoms with E-state index in [0.717, 1.165) is 0 Å². The molecule has 7 nitrogen and oxygen atoms in total. The van der Waals surface area contributed by atoms with Crippen molar-refractivity contribution >= 4 is 17.9 Å². The van der Waals surface area contributed by atoms with Crippen molar-refractivity contribution in [1.82, 2.24) is 15.1 Å². The number of hydrogen-bond donors (Lipinski definition) is 1. The number of likely N-dealkylation sites (tertiary alicyclic amines) is 2. The number of rotatable bonds is 5. The van der Waals surface area contributed by atoms with Crippen molar-refractivity contribution in [3.63, 3.8) is 0 Å². The van der Waals surface area contributed by atoms with E-state index in [-0.39, 0.29) is 44.0 Å². The highest BCUT2D eigenvalue weighted by atomic mass is 19.4. The van der Waals surface area contributed by atoms with Crippen molar-refractivity contribution in [3.05, 3.63) is 23.3 Å². The standard InChI is InChI=1S/C23H29F6N3O4/c1-22(2,3)36-21(35)30-14(6-13-7-16(25)17(26)9-15(13)24)8-19(33)32-5-4-12-10-31(11-18(12)32)20(34)23(27,28)29/h7,12,14,17-18H,4-6,8-11H2,1-3H3,(H,30,35)/t12-,14+,17?,18+/m0/s1. The van der Waals surface area contributed by atoms with Gasteiger partial charge < -0.3 is 19.9 Å². The first kappa shape index (κ1) is 27.9. The zero-order valence-corrected chi connectivity index (χ0v) is 20.1. The largest absolute Gasteiger partial charge is 0.471 e. The molecule has 4 atom stereocenters. The van der Waals surface area contributed by atoms with Crippen LogP contribution in [0.2, 0.25) is 0 Å². The van der Waals surface area contributed by atoms with E-state index in [0.29, 0.717) is 17.4 Å². The average Bonchev–Trinajstić information content (AvgIpc) is 3.29. The van der Waals surface area contributed by atoms with Gasteiger partial charge in [-0.15, -0.1) is 0 Å². The number of halogens is 6. The van der Waals surface area contributed by atoms with Gasteiger partial charge in [-0.25, -0.2) is 18.0 Å². The molecule has 2 fully saturated rings. The third-order valence-corrected chi connectivity index (χ3v) is 6.32. The Hall–Kier alpha value is -2.73. The van der Waals surface area contributed by atoms with Crippen LogP contribution in [0.1, 0.15) is 46.5 Å². The van der Waals surface area contributed by atoms with Gasteiger partial charge in [0, 0.05) is 44.4 Å². The maximum atomic E-state index is 14.3. The lowest BCUT2D eigenvalue weighted by atomic mass is 9.95. The lowest BCUT2D eigenvalue weighted by molar-refractivity contribution is -0.184. The van der Waals surface area contributed by atoms with E-state index in [1.54, 1.807) is 20.8 Å². The van der Waals surface area contributed by atoms with Crippen LogP contribution in [-0.4, -0.2) is 77.4 Å². The van der Waals surface area contributed by atoms with Gasteiger partial charge in [-0.05, 0) is 45.3 Å². The maximum Gasteiger partial charge on any atom is 0.471 e. The zero-order chi connectivity index (χ0) is 27.0. The van der Waals surface area contributed by atoms with Crippen LogP contribution in [0.3, 0.4) is 0 Å². The van der Waals surface area contributed by atoms with Gasteiger partial charge in [-0.3, -0.25) is 9.59 Å². The molecule has 2 aliphatic heterocycles. The Balaban J connectivity index is 1.72. The van der Waals surface area contributed by atoms with Crippen molar-refractivity contribution < 1.29 is 45.5 Å². The van der Waals surface area contributed by atoms with Crippen LogP contribution in [0, 0.1) is 5.92 Å². The molecule has 13 heteroatoms. The van der Waals surface area contributed by atoms with E-state index < -0.39 is 66.0 Å². The summed E-state index contributed by atoms with van der Waals surface area (Å²) in [6.45, 7) is 4.66. The molecule has 0 aromatic carbocycles. The van der Waals surface area contributed by atoms with E-state index in [4.69, 9.17) is 4.74 Å². The van der Waals surface area contributed by atoms with E-state index in [2.05, 4.69) is 5.32 Å². The molecule has 2 heterocycles. The third-order valence-electron chi connectivity index (χ3n) is 6.32. The van der Waals surface area contributed by atoms with E-state index in [1.807, 2.05) is 0 Å². The second-order valence-corrected chi connectivity index (χ2v) is 10.3. The summed E-state index contributed by atoms with van der Waals surface area (Å²) in [7, 11) is 0. The van der Waals surface area contributed by atoms with Crippen molar-refractivity contribution in [1.29, 1.82) is 0 Å². The molecule has 0 radical (unpaired) electrons. The van der Waals surface area contributed by atoms with Gasteiger partial charge in [0.05, 0.1) is 6.04 Å². The second-order valence-electron chi connectivity index (χ2n) is 10.3. The quantitative estimate of drug-likeness (QED) is 0.549. The van der Waals surface area contributed by atoms with Crippen LogP contribution in [-0.2, 0) is 14.3 Å². The number of ether oxygens (including phenoxy) is 1. The molecule has 3 rings (SSSR count). The zero-order valence-electron chi connectivity index (χ0n) is 20.1. The Morgan fingerprint density at radius 2 is 1.83 bits per heavy atom. The number of fused-ring (bicyclic) bond motifs is 1. The number of carbonyl (C=O) groups excluding carboxylic acids is 3. The molecule has 1 N–H and O–H groups in total. The number of nitrogens with zero attached hydrogens (tertiary/aromatic N) is 2. The Morgan fingerprint density at radius 1 is 1.17 bits per heavy atom. The maximum absolute atomic E-state index is 14.3. The van der Waals surface area contributed by atoms with Crippen molar-refractivity contribution in [2.75, 3.05) is 19.6 Å². The van der Waals surface area contributed by atoms with Gasteiger partial charge in [0.1, 0.15) is 17.3 Å². The molecule has 202 valence electrons. The SMILES string of the molecule is CC(C)(C)OC(=O)N[C@@H](CC(=O)N1CC[C@H]2CN(C(=O)C(F)(F)F)C[C@H]21)CC1=C(F)CC(F)C(F)=C1. The summed E-state index contributed by atoms with van der Waals surface area (Å²) >= 11 is 0. The first-order valence-electron chi connectivity index (χ1n) is 11.6. The molecule has 1 unspecified atom stereocenters. The normalized spacial score (nSPS) is 25.5. The van der Waals surface area contributed by atoms with Crippen molar-refractivity contribution in [2.45, 2.75) is 76.5 Å². The Morgan fingerprint density at radius 3 is 2.44 bits per heavy atom. The molecule has 1 aliphatic carbocycles. The van der Waals surface area contributed by atoms with Crippen LogP contribution < -0.4 is 5.32 Å². The fourth-order valence-corrected chi connectivity index (χ4v) is 4.75. The molecule has 3 amide bonds. The Bertz CT molecular complexity index is 958. The first-order chi connectivity index (χ1) is 16.5. The minimum atomic E-state index is -5.02. The first-order valence-corrected chi connectivity index (χ1v) is 11.6. The molecule has 0 aromatic heterocycles. The number of nitrogens with one attached hydrogen (secondary N) is 1. The van der Waals surface area contributed by atoms with Crippen molar-refractivity contribution in [3.8, 4) is 0 Å². The fourth-order valence-electron chi connectivity index (χ4n) is 4.75. The molecular formula is C23H29F6N3O4. The Kier molecular flexibility index (Phi) is 7.99. The molecule has 0 saturated carbocycles. The van der Waals surface area contributed by atoms with Crippen LogP contribution in [0.5, 0.6) is 0 Å². The summed E-state index contributed by atoms with van der Waals surface area (Å²) in [5.74, 6) is -4.90. The minimum Gasteiger partial charge on any atom is -0.444 e. The molecule has 0 spiro atoms. The van der Waals surface area contributed by atoms with Gasteiger partial charge >= 0.3 is 18.2 Å². The molecule has 0 bridgehead atoms. The number of amides is 3. The summed E-state index contributed by atoms with van der Waals surface area (Å²) in [5.41, 5.74) is -1.10. The summed E-state index contributed by atoms with van der Waals surface area (Å²) in [6.07, 6.45) is -8.47. The number of hydrogen-bond acceptors (Lipinski definition) is 4. The van der Waals surface area contributed by atoms with Gasteiger partial charge in [-0.1, -0.05) is 0 Å². The van der Waals surface area contributed by atoms with Crippen molar-refractivity contribution in [2.24, 2.45) is 5.92 Å². The van der Waals surface area contributed by atoms with Crippen LogP contribution >= 0.6 is 0 Å². The van der Waals surface area contributed by atoms with Crippen LogP contribution in [0.4, 0.5) is 31.1 Å². The summed E-state index contributed by atoms with van der Waals surface area (Å²) < 4.78 is 85.3. The highest BCUT2D eigenvalue weighted by molar-refractivity contribution is 5.83. The third kappa shape index (κ3) is 6.73. The number of carbonyl (C=O) groups is 3. The van der Waals surface area contributed by atoms with E-state index >= 15 is 0 Å². The average molecular weight is 525 g/mol. The number of alkyl carbamates (subject to hydrolysis) is 1. The molecule has 36 heavy (non-hydrogen) atoms. The molecule has 0 aromatic rings. The number of alkyl halides is 4. The van der Waals surface area contributed by atoms with Gasteiger partial charge in [0.15, 0.2) is 6.17 Å². The Labute approximate surface area is 204 Å². The molecule has 2 saturated heterocycles. The molecular weight excluding hydrogens is 496 g/mol. The monoisotopic (exact) mass is 525 g/mol. The lowest BCUT2D eigenvalue weighted by Gasteiger charge is -2.29. The minimum absolute atomic E-state index is 0.126. The highest BCUT2D eigenvalue weighted by Crippen LogP contribution is 2.35. The smallest absolute Gasteiger partial charge is 0.444 e. The number of allylic oxidation sites excluding steroid dienone is 3. The summed E-state index contributed by atoms with van der Waals surface area (Å²) in [6, 6.07) is -1.69. The predicted octanol–water partition coefficient (Wildman–Crippen LogP) is 4.10. The fraction of sp³-hybridized carbons (Fsp3) is 0.696. The van der Waals surface area contributed by atoms with Gasteiger partial charge in [-0.2, -0.15) is 13.2 Å². The van der Waals surface area contributed by atoms with Gasteiger partial charge in [0.2, 0.25) is 5.91 Å². The van der Waals surface area contributed by atoms with Crippen LogP contribution in [0.15, 0.2) is 23.3 Å². The van der Waals surface area contributed by atoms with E-state index in [1.165, 1.54) is 4.90 Å².